The van der Waals surface area contributed by atoms with Crippen molar-refractivity contribution in [3.05, 3.63) is 53.6 Å². The Morgan fingerprint density at radius 2 is 1.85 bits per heavy atom. The van der Waals surface area contributed by atoms with E-state index in [1.807, 2.05) is 0 Å². The number of hydrogen-bond acceptors (Lipinski definition) is 6. The average molecular weight is 484 g/mol. The zero-order valence-corrected chi connectivity index (χ0v) is 17.8. The number of carbonyl (C=O) groups excluding carboxylic acids is 2. The number of nitrogens with zero attached hydrogens (tertiary/aromatic N) is 1. The number of thioether (sulfide) groups is 1. The summed E-state index contributed by atoms with van der Waals surface area (Å²) in [5.41, 5.74) is 2.45. The Morgan fingerprint density at radius 1 is 1.15 bits per heavy atom. The molecule has 2 aromatic carbocycles. The number of halogens is 3. The van der Waals surface area contributed by atoms with Gasteiger partial charge in [-0.3, -0.25) is 14.8 Å². The summed E-state index contributed by atoms with van der Waals surface area (Å²) in [5.74, 6) is -2.75. The van der Waals surface area contributed by atoms with Gasteiger partial charge in [0.15, 0.2) is 0 Å². The SMILES string of the molecule is O=C(CN1C(=O)C(CCCc2ccc(OC(F)(F)F)cc2)Sc2ccc(C(=O)O)cc21)NO. The predicted octanol–water partition coefficient (Wildman–Crippen LogP) is 3.62. The number of alkyl halides is 3. The number of ether oxygens (including phenoxy) is 1. The Kier molecular flexibility index (Phi) is 7.49. The third-order valence-electron chi connectivity index (χ3n) is 4.82. The Balaban J connectivity index is 1.69. The number of benzene rings is 2. The predicted molar refractivity (Wildman–Crippen MR) is 111 cm³/mol. The number of amides is 2. The summed E-state index contributed by atoms with van der Waals surface area (Å²) >= 11 is 1.24. The fourth-order valence-corrected chi connectivity index (χ4v) is 4.59. The second-order valence-electron chi connectivity index (χ2n) is 7.14. The third kappa shape index (κ3) is 6.39. The van der Waals surface area contributed by atoms with Gasteiger partial charge in [-0.05, 0) is 55.2 Å². The average Bonchev–Trinajstić information content (AvgIpc) is 2.76. The van der Waals surface area contributed by atoms with Crippen LogP contribution < -0.4 is 15.1 Å². The van der Waals surface area contributed by atoms with Gasteiger partial charge in [0.2, 0.25) is 5.91 Å². The topological polar surface area (TPSA) is 116 Å². The lowest BCUT2D eigenvalue weighted by Gasteiger charge is -2.33. The van der Waals surface area contributed by atoms with E-state index in [9.17, 15) is 32.7 Å². The molecule has 0 fully saturated rings. The minimum atomic E-state index is -4.76. The summed E-state index contributed by atoms with van der Waals surface area (Å²) in [6.45, 7) is -0.483. The molecule has 1 aliphatic heterocycles. The number of aryl methyl sites for hydroxylation is 1. The molecule has 0 bridgehead atoms. The maximum absolute atomic E-state index is 13.0. The molecule has 2 aromatic rings. The van der Waals surface area contributed by atoms with Crippen molar-refractivity contribution in [1.82, 2.24) is 5.48 Å². The van der Waals surface area contributed by atoms with Gasteiger partial charge in [-0.15, -0.1) is 24.9 Å². The van der Waals surface area contributed by atoms with E-state index in [1.54, 1.807) is 6.07 Å². The lowest BCUT2D eigenvalue weighted by molar-refractivity contribution is -0.274. The fourth-order valence-electron chi connectivity index (χ4n) is 3.33. The molecule has 3 rings (SSSR count). The molecular formula is C21H19F3N2O6S. The number of nitrogens with one attached hydrogen (secondary N) is 1. The first-order valence-electron chi connectivity index (χ1n) is 9.70. The van der Waals surface area contributed by atoms with E-state index >= 15 is 0 Å². The summed E-state index contributed by atoms with van der Waals surface area (Å²) in [5, 5.41) is 17.5. The summed E-state index contributed by atoms with van der Waals surface area (Å²) in [7, 11) is 0. The molecule has 0 radical (unpaired) electrons. The minimum Gasteiger partial charge on any atom is -0.478 e. The van der Waals surface area contributed by atoms with Crippen LogP contribution in [0.1, 0.15) is 28.8 Å². The number of rotatable bonds is 8. The molecule has 8 nitrogen and oxygen atoms in total. The number of anilines is 1. The number of carboxylic acid groups (broad SMARTS) is 1. The van der Waals surface area contributed by atoms with Crippen LogP contribution in [0.15, 0.2) is 47.4 Å². The summed E-state index contributed by atoms with van der Waals surface area (Å²) in [6, 6.07) is 9.72. The van der Waals surface area contributed by atoms with Gasteiger partial charge in [-0.1, -0.05) is 12.1 Å². The maximum atomic E-state index is 13.0. The monoisotopic (exact) mass is 484 g/mol. The van der Waals surface area contributed by atoms with Crippen molar-refractivity contribution in [2.24, 2.45) is 0 Å². The number of aromatic carboxylic acids is 1. The standard InChI is InChI=1S/C21H19F3N2O6S/c22-21(23,24)32-14-7-4-12(5-8-14)2-1-3-17-19(28)26(11-18(27)25-31)15-10-13(20(29)30)6-9-16(15)33-17/h4-10,17,31H,1-3,11H2,(H,25,27)(H,29,30). The van der Waals surface area contributed by atoms with Crippen molar-refractivity contribution in [2.75, 3.05) is 11.4 Å². The van der Waals surface area contributed by atoms with Gasteiger partial charge in [0, 0.05) is 4.90 Å². The number of fused-ring (bicyclic) bond motifs is 1. The van der Waals surface area contributed by atoms with Gasteiger partial charge >= 0.3 is 12.3 Å². The maximum Gasteiger partial charge on any atom is 0.573 e. The second-order valence-corrected chi connectivity index (χ2v) is 8.38. The molecular weight excluding hydrogens is 465 g/mol. The van der Waals surface area contributed by atoms with Crippen LogP contribution in [-0.2, 0) is 16.0 Å². The van der Waals surface area contributed by atoms with Crippen LogP contribution in [0.2, 0.25) is 0 Å². The van der Waals surface area contributed by atoms with Crippen molar-refractivity contribution in [3.8, 4) is 5.75 Å². The van der Waals surface area contributed by atoms with Gasteiger partial charge in [-0.25, -0.2) is 10.3 Å². The van der Waals surface area contributed by atoms with Crippen molar-refractivity contribution < 1.29 is 42.6 Å². The van der Waals surface area contributed by atoms with Crippen molar-refractivity contribution >= 4 is 35.2 Å². The first-order chi connectivity index (χ1) is 15.6. The number of hydrogen-bond donors (Lipinski definition) is 3. The van der Waals surface area contributed by atoms with E-state index in [0.29, 0.717) is 24.2 Å². The Morgan fingerprint density at radius 3 is 2.45 bits per heavy atom. The largest absolute Gasteiger partial charge is 0.573 e. The van der Waals surface area contributed by atoms with Gasteiger partial charge < -0.3 is 14.7 Å². The first-order valence-corrected chi connectivity index (χ1v) is 10.6. The Bertz CT molecular complexity index is 1050. The van der Waals surface area contributed by atoms with E-state index in [2.05, 4.69) is 4.74 Å². The molecule has 0 spiro atoms. The summed E-state index contributed by atoms with van der Waals surface area (Å²) < 4.78 is 40.6. The third-order valence-corrected chi connectivity index (χ3v) is 6.14. The van der Waals surface area contributed by atoms with Crippen LogP contribution in [0.5, 0.6) is 5.75 Å². The molecule has 0 saturated carbocycles. The lowest BCUT2D eigenvalue weighted by atomic mass is 10.1. The highest BCUT2D eigenvalue weighted by molar-refractivity contribution is 8.01. The lowest BCUT2D eigenvalue weighted by Crippen LogP contribution is -2.46. The van der Waals surface area contributed by atoms with Gasteiger partial charge in [0.25, 0.3) is 5.91 Å². The van der Waals surface area contributed by atoms with Crippen LogP contribution in [0, 0.1) is 0 Å². The molecule has 1 unspecified atom stereocenters. The Hall–Kier alpha value is -3.25. The second kappa shape index (κ2) is 10.1. The van der Waals surface area contributed by atoms with Crippen LogP contribution in [0.4, 0.5) is 18.9 Å². The molecule has 1 aliphatic rings. The van der Waals surface area contributed by atoms with Crippen molar-refractivity contribution in [1.29, 1.82) is 0 Å². The summed E-state index contributed by atoms with van der Waals surface area (Å²) in [6.07, 6.45) is -3.33. The quantitative estimate of drug-likeness (QED) is 0.387. The summed E-state index contributed by atoms with van der Waals surface area (Å²) in [4.78, 5) is 37.8. The molecule has 0 saturated heterocycles. The highest BCUT2D eigenvalue weighted by atomic mass is 32.2. The number of carbonyl (C=O) groups is 3. The van der Waals surface area contributed by atoms with Crippen LogP contribution >= 0.6 is 11.8 Å². The molecule has 12 heteroatoms. The zero-order valence-electron chi connectivity index (χ0n) is 17.0. The first kappa shape index (κ1) is 24.4. The molecule has 176 valence electrons. The molecule has 1 heterocycles. The Labute approximate surface area is 190 Å². The highest BCUT2D eigenvalue weighted by Gasteiger charge is 2.35. The van der Waals surface area contributed by atoms with E-state index in [0.717, 1.165) is 10.5 Å². The molecule has 2 amide bonds. The van der Waals surface area contributed by atoms with E-state index in [4.69, 9.17) is 5.21 Å². The van der Waals surface area contributed by atoms with Gasteiger partial charge in [-0.2, -0.15) is 0 Å². The van der Waals surface area contributed by atoms with E-state index in [-0.39, 0.29) is 17.0 Å². The minimum absolute atomic E-state index is 0.0482. The molecule has 1 atom stereocenters. The van der Waals surface area contributed by atoms with Gasteiger partial charge in [0.05, 0.1) is 16.5 Å². The zero-order chi connectivity index (χ0) is 24.2. The normalized spacial score (nSPS) is 15.7. The van der Waals surface area contributed by atoms with Crippen LogP contribution in [-0.4, -0.2) is 46.3 Å². The molecule has 33 heavy (non-hydrogen) atoms. The van der Waals surface area contributed by atoms with Crippen molar-refractivity contribution in [2.45, 2.75) is 35.8 Å². The van der Waals surface area contributed by atoms with Crippen LogP contribution in [0.25, 0.3) is 0 Å². The number of carboxylic acids is 1. The number of hydroxylamine groups is 1. The highest BCUT2D eigenvalue weighted by Crippen LogP contribution is 2.41. The van der Waals surface area contributed by atoms with Crippen LogP contribution in [0.3, 0.4) is 0 Å². The van der Waals surface area contributed by atoms with Crippen molar-refractivity contribution in [3.63, 3.8) is 0 Å². The molecule has 0 aliphatic carbocycles. The molecule has 0 aromatic heterocycles. The molecule has 3 N–H and O–H groups in total. The smallest absolute Gasteiger partial charge is 0.478 e. The van der Waals surface area contributed by atoms with E-state index < -0.39 is 35.9 Å². The van der Waals surface area contributed by atoms with Gasteiger partial charge in [0.1, 0.15) is 12.3 Å². The van der Waals surface area contributed by atoms with E-state index in [1.165, 1.54) is 53.6 Å². The fraction of sp³-hybridized carbons (Fsp3) is 0.286.